The molecule has 0 aliphatic heterocycles. The van der Waals surface area contributed by atoms with Gasteiger partial charge in [-0.3, -0.25) is 4.79 Å². The second-order valence-corrected chi connectivity index (χ2v) is 4.87. The van der Waals surface area contributed by atoms with Gasteiger partial charge in [-0.05, 0) is 29.8 Å². The molecule has 1 heterocycles. The number of halogens is 1. The fourth-order valence-corrected chi connectivity index (χ4v) is 1.93. The SMILES string of the molecule is COC(=O)C(NC(=O)c1ccco1)c1ccc(Br)cc1. The van der Waals surface area contributed by atoms with E-state index in [-0.39, 0.29) is 5.76 Å². The van der Waals surface area contributed by atoms with E-state index in [1.807, 2.05) is 0 Å². The lowest BCUT2D eigenvalue weighted by atomic mass is 10.1. The van der Waals surface area contributed by atoms with Crippen molar-refractivity contribution in [2.75, 3.05) is 7.11 Å². The summed E-state index contributed by atoms with van der Waals surface area (Å²) in [5.41, 5.74) is 0.625. The number of esters is 1. The van der Waals surface area contributed by atoms with E-state index in [4.69, 9.17) is 9.15 Å². The minimum Gasteiger partial charge on any atom is -0.467 e. The predicted molar refractivity (Wildman–Crippen MR) is 75.1 cm³/mol. The zero-order chi connectivity index (χ0) is 14.5. The van der Waals surface area contributed by atoms with E-state index in [0.717, 1.165) is 4.47 Å². The fourth-order valence-electron chi connectivity index (χ4n) is 1.66. The molecule has 6 heteroatoms. The summed E-state index contributed by atoms with van der Waals surface area (Å²) in [5.74, 6) is -0.892. The summed E-state index contributed by atoms with van der Waals surface area (Å²) in [5, 5.41) is 2.58. The topological polar surface area (TPSA) is 68.5 Å². The van der Waals surface area contributed by atoms with Crippen molar-refractivity contribution in [3.05, 3.63) is 58.5 Å². The monoisotopic (exact) mass is 337 g/mol. The first-order valence-electron chi connectivity index (χ1n) is 5.79. The summed E-state index contributed by atoms with van der Waals surface area (Å²) < 4.78 is 10.6. The first-order chi connectivity index (χ1) is 9.61. The molecule has 1 N–H and O–H groups in total. The Morgan fingerprint density at radius 1 is 1.25 bits per heavy atom. The number of hydrogen-bond acceptors (Lipinski definition) is 4. The zero-order valence-corrected chi connectivity index (χ0v) is 12.2. The molecule has 0 bridgehead atoms. The molecule has 1 unspecified atom stereocenters. The molecule has 2 aromatic rings. The van der Waals surface area contributed by atoms with E-state index in [1.54, 1.807) is 30.3 Å². The number of carbonyl (C=O) groups excluding carboxylic acids is 2. The van der Waals surface area contributed by atoms with Gasteiger partial charge in [-0.15, -0.1) is 0 Å². The lowest BCUT2D eigenvalue weighted by Crippen LogP contribution is -2.34. The summed E-state index contributed by atoms with van der Waals surface area (Å²) in [6, 6.07) is 9.26. The van der Waals surface area contributed by atoms with E-state index in [9.17, 15) is 9.59 Å². The molecule has 0 saturated carbocycles. The van der Waals surface area contributed by atoms with E-state index in [2.05, 4.69) is 21.2 Å². The molecule has 0 radical (unpaired) electrons. The highest BCUT2D eigenvalue weighted by molar-refractivity contribution is 9.10. The molecule has 0 aliphatic rings. The number of methoxy groups -OCH3 is 1. The molecular weight excluding hydrogens is 326 g/mol. The molecule has 1 aromatic heterocycles. The van der Waals surface area contributed by atoms with Crippen LogP contribution in [-0.4, -0.2) is 19.0 Å². The van der Waals surface area contributed by atoms with Crippen LogP contribution in [0.4, 0.5) is 0 Å². The third-order valence-corrected chi connectivity index (χ3v) is 3.19. The second-order valence-electron chi connectivity index (χ2n) is 3.96. The van der Waals surface area contributed by atoms with Crippen LogP contribution < -0.4 is 5.32 Å². The number of furan rings is 1. The van der Waals surface area contributed by atoms with Gasteiger partial charge < -0.3 is 14.5 Å². The molecule has 0 spiro atoms. The minimum absolute atomic E-state index is 0.135. The number of amides is 1. The van der Waals surface area contributed by atoms with Crippen molar-refractivity contribution in [2.24, 2.45) is 0 Å². The zero-order valence-electron chi connectivity index (χ0n) is 10.6. The van der Waals surface area contributed by atoms with Gasteiger partial charge in [-0.1, -0.05) is 28.1 Å². The Morgan fingerprint density at radius 3 is 2.50 bits per heavy atom. The van der Waals surface area contributed by atoms with Crippen molar-refractivity contribution in [3.8, 4) is 0 Å². The van der Waals surface area contributed by atoms with E-state index < -0.39 is 17.9 Å². The Kier molecular flexibility index (Phi) is 4.57. The molecule has 2 rings (SSSR count). The molecule has 0 fully saturated rings. The van der Waals surface area contributed by atoms with Crippen LogP contribution in [0.25, 0.3) is 0 Å². The van der Waals surface area contributed by atoms with Crippen LogP contribution in [0.15, 0.2) is 51.6 Å². The van der Waals surface area contributed by atoms with E-state index in [1.165, 1.54) is 19.4 Å². The number of rotatable bonds is 4. The van der Waals surface area contributed by atoms with Crippen LogP contribution in [0.5, 0.6) is 0 Å². The minimum atomic E-state index is -0.884. The molecule has 1 atom stereocenters. The van der Waals surface area contributed by atoms with Crippen molar-refractivity contribution in [2.45, 2.75) is 6.04 Å². The maximum Gasteiger partial charge on any atom is 0.333 e. The van der Waals surface area contributed by atoms with Gasteiger partial charge in [0, 0.05) is 4.47 Å². The summed E-state index contributed by atoms with van der Waals surface area (Å²) in [7, 11) is 1.27. The molecule has 0 aliphatic carbocycles. The highest BCUT2D eigenvalue weighted by Gasteiger charge is 2.24. The Morgan fingerprint density at radius 2 is 1.95 bits per heavy atom. The van der Waals surface area contributed by atoms with Crippen LogP contribution >= 0.6 is 15.9 Å². The lowest BCUT2D eigenvalue weighted by molar-refractivity contribution is -0.143. The summed E-state index contributed by atoms with van der Waals surface area (Å²) in [4.78, 5) is 23.8. The Bertz CT molecular complexity index is 592. The van der Waals surface area contributed by atoms with Crippen LogP contribution in [0.1, 0.15) is 22.2 Å². The normalized spacial score (nSPS) is 11.7. The van der Waals surface area contributed by atoms with Gasteiger partial charge in [0.2, 0.25) is 0 Å². The van der Waals surface area contributed by atoms with Crippen LogP contribution in [-0.2, 0) is 9.53 Å². The van der Waals surface area contributed by atoms with Gasteiger partial charge in [-0.25, -0.2) is 4.79 Å². The fraction of sp³-hybridized carbons (Fsp3) is 0.143. The average molecular weight is 338 g/mol. The van der Waals surface area contributed by atoms with Crippen LogP contribution in [0.2, 0.25) is 0 Å². The largest absolute Gasteiger partial charge is 0.467 e. The summed E-state index contributed by atoms with van der Waals surface area (Å²) in [6.07, 6.45) is 1.39. The maximum atomic E-state index is 12.0. The molecular formula is C14H12BrNO4. The van der Waals surface area contributed by atoms with Crippen molar-refractivity contribution in [3.63, 3.8) is 0 Å². The van der Waals surface area contributed by atoms with Gasteiger partial charge in [0.05, 0.1) is 13.4 Å². The quantitative estimate of drug-likeness (QED) is 0.871. The van der Waals surface area contributed by atoms with Crippen molar-refractivity contribution < 1.29 is 18.7 Å². The Labute approximate surface area is 124 Å². The molecule has 1 amide bonds. The van der Waals surface area contributed by atoms with Gasteiger partial charge in [0.25, 0.3) is 5.91 Å². The van der Waals surface area contributed by atoms with Gasteiger partial charge in [0.1, 0.15) is 0 Å². The summed E-state index contributed by atoms with van der Waals surface area (Å²) in [6.45, 7) is 0. The summed E-state index contributed by atoms with van der Waals surface area (Å²) >= 11 is 3.31. The number of hydrogen-bond donors (Lipinski definition) is 1. The predicted octanol–water partition coefficient (Wildman–Crippen LogP) is 2.69. The van der Waals surface area contributed by atoms with Gasteiger partial charge >= 0.3 is 5.97 Å². The maximum absolute atomic E-state index is 12.0. The number of ether oxygens (including phenoxy) is 1. The van der Waals surface area contributed by atoms with Crippen LogP contribution in [0, 0.1) is 0 Å². The van der Waals surface area contributed by atoms with Crippen molar-refractivity contribution >= 4 is 27.8 Å². The van der Waals surface area contributed by atoms with Gasteiger partial charge in [0.15, 0.2) is 11.8 Å². The molecule has 5 nitrogen and oxygen atoms in total. The number of nitrogens with one attached hydrogen (secondary N) is 1. The first kappa shape index (κ1) is 14.3. The Hall–Kier alpha value is -2.08. The van der Waals surface area contributed by atoms with Crippen molar-refractivity contribution in [1.82, 2.24) is 5.32 Å². The number of carbonyl (C=O) groups is 2. The standard InChI is InChI=1S/C14H12BrNO4/c1-19-14(18)12(9-4-6-10(15)7-5-9)16-13(17)11-3-2-8-20-11/h2-8,12H,1H3,(H,16,17). The smallest absolute Gasteiger partial charge is 0.333 e. The van der Waals surface area contributed by atoms with E-state index in [0.29, 0.717) is 5.56 Å². The molecule has 20 heavy (non-hydrogen) atoms. The Balaban J connectivity index is 2.22. The molecule has 104 valence electrons. The third-order valence-electron chi connectivity index (χ3n) is 2.66. The lowest BCUT2D eigenvalue weighted by Gasteiger charge is -2.16. The first-order valence-corrected chi connectivity index (χ1v) is 6.59. The molecule has 1 aromatic carbocycles. The third kappa shape index (κ3) is 3.27. The second kappa shape index (κ2) is 6.38. The van der Waals surface area contributed by atoms with Gasteiger partial charge in [-0.2, -0.15) is 0 Å². The van der Waals surface area contributed by atoms with E-state index >= 15 is 0 Å². The van der Waals surface area contributed by atoms with Crippen molar-refractivity contribution in [1.29, 1.82) is 0 Å². The highest BCUT2D eigenvalue weighted by atomic mass is 79.9. The number of benzene rings is 1. The molecule has 0 saturated heterocycles. The average Bonchev–Trinajstić information content (AvgIpc) is 2.99. The van der Waals surface area contributed by atoms with Crippen LogP contribution in [0.3, 0.4) is 0 Å². The highest BCUT2D eigenvalue weighted by Crippen LogP contribution is 2.19.